The highest BCUT2D eigenvalue weighted by Gasteiger charge is 2.31. The summed E-state index contributed by atoms with van der Waals surface area (Å²) in [5, 5.41) is 4.42. The number of rotatable bonds is 4. The molecule has 3 heteroatoms. The first-order valence-electron chi connectivity index (χ1n) is 6.79. The van der Waals surface area contributed by atoms with E-state index < -0.39 is 0 Å². The van der Waals surface area contributed by atoms with Gasteiger partial charge < -0.3 is 5.32 Å². The predicted octanol–water partition coefficient (Wildman–Crippen LogP) is 3.69. The number of halogens is 1. The highest BCUT2D eigenvalue weighted by Crippen LogP contribution is 2.37. The molecule has 2 rings (SSSR count). The number of nitrogens with zero attached hydrogens (tertiary/aromatic N) is 1. The third kappa shape index (κ3) is 3.69. The Labute approximate surface area is 115 Å². The second-order valence-corrected chi connectivity index (χ2v) is 6.81. The van der Waals surface area contributed by atoms with Crippen molar-refractivity contribution in [3.05, 3.63) is 29.0 Å². The zero-order valence-electron chi connectivity index (χ0n) is 11.5. The summed E-state index contributed by atoms with van der Waals surface area (Å²) in [7, 11) is 0. The Bertz CT molecular complexity index is 398. The summed E-state index contributed by atoms with van der Waals surface area (Å²) in [5.74, 6) is 1.58. The first-order chi connectivity index (χ1) is 8.46. The summed E-state index contributed by atoms with van der Waals surface area (Å²) in [4.78, 5) is 4.04. The fourth-order valence-corrected chi connectivity index (χ4v) is 2.66. The molecule has 2 atom stereocenters. The van der Waals surface area contributed by atoms with E-state index in [2.05, 4.69) is 37.1 Å². The molecule has 0 spiro atoms. The molecule has 0 aliphatic heterocycles. The van der Waals surface area contributed by atoms with E-state index >= 15 is 0 Å². The Morgan fingerprint density at radius 1 is 1.33 bits per heavy atom. The van der Waals surface area contributed by atoms with Crippen molar-refractivity contribution in [2.24, 2.45) is 11.8 Å². The van der Waals surface area contributed by atoms with Crippen molar-refractivity contribution in [3.63, 3.8) is 0 Å². The minimum Gasteiger partial charge on any atom is -0.312 e. The monoisotopic (exact) mass is 266 g/mol. The molecule has 0 radical (unpaired) electrons. The molecule has 2 nitrogen and oxygen atoms in total. The van der Waals surface area contributed by atoms with Gasteiger partial charge in [0.15, 0.2) is 0 Å². The first kappa shape index (κ1) is 13.8. The Morgan fingerprint density at radius 3 is 2.61 bits per heavy atom. The quantitative estimate of drug-likeness (QED) is 0.899. The third-order valence-corrected chi connectivity index (χ3v) is 4.15. The summed E-state index contributed by atoms with van der Waals surface area (Å²) < 4.78 is 0. The normalized spacial score (nSPS) is 23.8. The molecule has 1 N–H and O–H groups in total. The number of aromatic nitrogens is 1. The SMILES string of the molecule is CC(C)(C)NCC1CCC1Cc1ccncc1Cl. The molecule has 1 fully saturated rings. The molecule has 0 saturated heterocycles. The highest BCUT2D eigenvalue weighted by atomic mass is 35.5. The van der Waals surface area contributed by atoms with E-state index in [1.165, 1.54) is 18.4 Å². The molecule has 2 unspecified atom stereocenters. The van der Waals surface area contributed by atoms with Crippen LogP contribution in [0.3, 0.4) is 0 Å². The molecule has 1 aliphatic rings. The van der Waals surface area contributed by atoms with Crippen molar-refractivity contribution >= 4 is 11.6 Å². The second-order valence-electron chi connectivity index (χ2n) is 6.40. The molecular formula is C15H23ClN2. The average molecular weight is 267 g/mol. The number of hydrogen-bond donors (Lipinski definition) is 1. The predicted molar refractivity (Wildman–Crippen MR) is 76.9 cm³/mol. The summed E-state index contributed by atoms with van der Waals surface area (Å²) in [6.45, 7) is 7.79. The van der Waals surface area contributed by atoms with Crippen LogP contribution in [0, 0.1) is 11.8 Å². The van der Waals surface area contributed by atoms with Gasteiger partial charge in [-0.05, 0) is 70.0 Å². The van der Waals surface area contributed by atoms with Crippen LogP contribution in [0.1, 0.15) is 39.2 Å². The lowest BCUT2D eigenvalue weighted by molar-refractivity contribution is 0.159. The number of hydrogen-bond acceptors (Lipinski definition) is 2. The largest absolute Gasteiger partial charge is 0.312 e. The number of pyridine rings is 1. The molecule has 0 amide bonds. The molecule has 18 heavy (non-hydrogen) atoms. The molecule has 1 aliphatic carbocycles. The van der Waals surface area contributed by atoms with Crippen molar-refractivity contribution in [3.8, 4) is 0 Å². The first-order valence-corrected chi connectivity index (χ1v) is 7.17. The van der Waals surface area contributed by atoms with Crippen molar-refractivity contribution < 1.29 is 0 Å². The summed E-state index contributed by atoms with van der Waals surface area (Å²) in [6.07, 6.45) is 7.35. The van der Waals surface area contributed by atoms with Gasteiger partial charge in [-0.15, -0.1) is 0 Å². The maximum absolute atomic E-state index is 6.17. The Balaban J connectivity index is 1.86. The van der Waals surface area contributed by atoms with Gasteiger partial charge in [0.25, 0.3) is 0 Å². The topological polar surface area (TPSA) is 24.9 Å². The van der Waals surface area contributed by atoms with E-state index in [0.717, 1.165) is 29.8 Å². The van der Waals surface area contributed by atoms with Crippen LogP contribution in [-0.2, 0) is 6.42 Å². The fraction of sp³-hybridized carbons (Fsp3) is 0.667. The number of nitrogens with one attached hydrogen (secondary N) is 1. The van der Waals surface area contributed by atoms with Gasteiger partial charge in [0.05, 0.1) is 5.02 Å². The minimum absolute atomic E-state index is 0.217. The molecule has 0 bridgehead atoms. The molecule has 1 aromatic heterocycles. The lowest BCUT2D eigenvalue weighted by atomic mass is 9.70. The Kier molecular flexibility index (Phi) is 4.29. The molecule has 0 aromatic carbocycles. The minimum atomic E-state index is 0.217. The lowest BCUT2D eigenvalue weighted by Gasteiger charge is -2.39. The Hall–Kier alpha value is -0.600. The van der Waals surface area contributed by atoms with E-state index in [9.17, 15) is 0 Å². The maximum atomic E-state index is 6.17. The van der Waals surface area contributed by atoms with E-state index in [-0.39, 0.29) is 5.54 Å². The van der Waals surface area contributed by atoms with Gasteiger partial charge >= 0.3 is 0 Å². The van der Waals surface area contributed by atoms with Crippen molar-refractivity contribution in [2.45, 2.75) is 45.6 Å². The lowest BCUT2D eigenvalue weighted by Crippen LogP contribution is -2.44. The highest BCUT2D eigenvalue weighted by molar-refractivity contribution is 6.31. The van der Waals surface area contributed by atoms with Crippen LogP contribution in [0.2, 0.25) is 5.02 Å². The second kappa shape index (κ2) is 5.58. The maximum Gasteiger partial charge on any atom is 0.0621 e. The molecule has 100 valence electrons. The van der Waals surface area contributed by atoms with Gasteiger partial charge in [0.1, 0.15) is 0 Å². The average Bonchev–Trinajstić information content (AvgIpc) is 2.25. The van der Waals surface area contributed by atoms with Crippen LogP contribution in [0.5, 0.6) is 0 Å². The smallest absolute Gasteiger partial charge is 0.0621 e. The van der Waals surface area contributed by atoms with Crippen molar-refractivity contribution in [1.82, 2.24) is 10.3 Å². The summed E-state index contributed by atoms with van der Waals surface area (Å²) in [6, 6.07) is 2.05. The van der Waals surface area contributed by atoms with Gasteiger partial charge in [0, 0.05) is 17.9 Å². The van der Waals surface area contributed by atoms with Crippen LogP contribution in [0.15, 0.2) is 18.5 Å². The molecule has 1 aromatic rings. The van der Waals surface area contributed by atoms with E-state index in [1.54, 1.807) is 6.20 Å². The van der Waals surface area contributed by atoms with E-state index in [0.29, 0.717) is 0 Å². The van der Waals surface area contributed by atoms with Crippen LogP contribution >= 0.6 is 11.6 Å². The van der Waals surface area contributed by atoms with Crippen LogP contribution in [-0.4, -0.2) is 17.1 Å². The van der Waals surface area contributed by atoms with Gasteiger partial charge in [0.2, 0.25) is 0 Å². The molecule has 1 heterocycles. The zero-order chi connectivity index (χ0) is 13.2. The van der Waals surface area contributed by atoms with Crippen molar-refractivity contribution in [2.75, 3.05) is 6.54 Å². The van der Waals surface area contributed by atoms with Crippen LogP contribution < -0.4 is 5.32 Å². The van der Waals surface area contributed by atoms with Gasteiger partial charge in [-0.1, -0.05) is 11.6 Å². The van der Waals surface area contributed by atoms with E-state index in [4.69, 9.17) is 11.6 Å². The van der Waals surface area contributed by atoms with Gasteiger partial charge in [-0.3, -0.25) is 4.98 Å². The van der Waals surface area contributed by atoms with E-state index in [1.807, 2.05) is 6.20 Å². The van der Waals surface area contributed by atoms with Crippen LogP contribution in [0.4, 0.5) is 0 Å². The van der Waals surface area contributed by atoms with Crippen molar-refractivity contribution in [1.29, 1.82) is 0 Å². The van der Waals surface area contributed by atoms with Crippen LogP contribution in [0.25, 0.3) is 0 Å². The van der Waals surface area contributed by atoms with Gasteiger partial charge in [-0.25, -0.2) is 0 Å². The summed E-state index contributed by atoms with van der Waals surface area (Å²) in [5.41, 5.74) is 1.46. The fourth-order valence-electron chi connectivity index (χ4n) is 2.46. The Morgan fingerprint density at radius 2 is 2.06 bits per heavy atom. The third-order valence-electron chi connectivity index (χ3n) is 3.81. The molecule has 1 saturated carbocycles. The molecular weight excluding hydrogens is 244 g/mol. The zero-order valence-corrected chi connectivity index (χ0v) is 12.3. The summed E-state index contributed by atoms with van der Waals surface area (Å²) >= 11 is 6.17. The van der Waals surface area contributed by atoms with Gasteiger partial charge in [-0.2, -0.15) is 0 Å². The standard InChI is InChI=1S/C15H23ClN2/c1-15(2,3)18-9-13-5-4-11(13)8-12-6-7-17-10-14(12)16/h6-7,10-11,13,18H,4-5,8-9H2,1-3H3.